The standard InChI is InChI=1S/C79H127N5O23.3H2/c1-62(85)65(24-16-18-38-81-75(92)60-105-55-51-101-47-41-84-76(93)61-104-54-48-98-42-22-27-67(86)26-14-10-6-4-8-12-20-44-106-69-34-30-63(31-35-69)77(94)95)56-71(88)66(57-72(89)79(2,3)80)25-17-19-39-82-74(91)59-103-53-49-99-43-23-28-68(87)58-102-52-50-100-46-40-83-73(90)29-15-11-7-5-9-13-21-45-107-70-36-32-64(33-37-70)78(96)97;;;/h30-37,65-66H,4-29,38-61,80H2,1-3H3,(H,81,92)(H,82,91)(H,83,90)(H,84,93)(H,94,95)(H,96,97);3*1H/t65-,66-;;;/m1.../s1. The van der Waals surface area contributed by atoms with Crippen LogP contribution in [0, 0.1) is 11.8 Å². The molecule has 28 nitrogen and oxygen atoms in total. The van der Waals surface area contributed by atoms with Crippen LogP contribution < -0.4 is 36.5 Å². The number of carboxylic acids is 2. The molecule has 0 spiro atoms. The number of ether oxygens (including phenoxy) is 10. The molecule has 28 heteroatoms. The van der Waals surface area contributed by atoms with E-state index in [9.17, 15) is 52.7 Å². The lowest BCUT2D eigenvalue weighted by molar-refractivity contribution is -0.132. The van der Waals surface area contributed by atoms with E-state index in [-0.39, 0.29) is 166 Å². The van der Waals surface area contributed by atoms with Crippen molar-refractivity contribution in [3.63, 3.8) is 0 Å². The first kappa shape index (κ1) is 95.9. The molecule has 0 unspecified atom stereocenters. The zero-order valence-corrected chi connectivity index (χ0v) is 64.2. The van der Waals surface area contributed by atoms with Crippen LogP contribution in [-0.2, 0) is 81.0 Å². The predicted molar refractivity (Wildman–Crippen MR) is 408 cm³/mol. The Kier molecular flexibility index (Phi) is 57.1. The number of nitrogens with two attached hydrogens (primary N) is 1. The molecule has 8 N–H and O–H groups in total. The number of ketones is 5. The largest absolute Gasteiger partial charge is 0.494 e. The van der Waals surface area contributed by atoms with Crippen LogP contribution in [-0.4, -0.2) is 225 Å². The van der Waals surface area contributed by atoms with Crippen molar-refractivity contribution in [3.8, 4) is 11.5 Å². The summed E-state index contributed by atoms with van der Waals surface area (Å²) in [6.45, 7) is 9.85. The molecule has 0 fully saturated rings. The number of aromatic carboxylic acids is 2. The van der Waals surface area contributed by atoms with Gasteiger partial charge in [0.05, 0.1) is 95.9 Å². The van der Waals surface area contributed by atoms with E-state index in [1.807, 2.05) is 0 Å². The minimum atomic E-state index is -1.15. The second-order valence-corrected chi connectivity index (χ2v) is 27.2. The molecular weight excluding hydrogens is 1390 g/mol. The van der Waals surface area contributed by atoms with Crippen molar-refractivity contribution in [2.24, 2.45) is 17.6 Å². The molecule has 0 aromatic heterocycles. The Morgan fingerprint density at radius 2 is 0.720 bits per heavy atom. The average molecular weight is 1520 g/mol. The number of hydrogen-bond donors (Lipinski definition) is 7. The second kappa shape index (κ2) is 63.7. The topological polar surface area (TPSA) is 395 Å². The van der Waals surface area contributed by atoms with Crippen LogP contribution in [0.3, 0.4) is 0 Å². The van der Waals surface area contributed by atoms with Crippen LogP contribution in [0.5, 0.6) is 11.5 Å². The molecule has 0 radical (unpaired) electrons. The summed E-state index contributed by atoms with van der Waals surface area (Å²) in [5.41, 5.74) is 5.41. The van der Waals surface area contributed by atoms with Gasteiger partial charge in [0.25, 0.3) is 0 Å². The van der Waals surface area contributed by atoms with Gasteiger partial charge >= 0.3 is 11.9 Å². The first-order valence-electron chi connectivity index (χ1n) is 38.6. The number of carboxylic acid groups (broad SMARTS) is 2. The molecule has 107 heavy (non-hydrogen) atoms. The molecular formula is C79H133N5O23. The van der Waals surface area contributed by atoms with Crippen molar-refractivity contribution in [1.82, 2.24) is 21.3 Å². The maximum atomic E-state index is 13.7. The number of amides is 4. The Bertz CT molecular complexity index is 2800. The van der Waals surface area contributed by atoms with E-state index in [2.05, 4.69) is 21.3 Å². The smallest absolute Gasteiger partial charge is 0.335 e. The van der Waals surface area contributed by atoms with Crippen LogP contribution in [0.4, 0.5) is 0 Å². The summed E-state index contributed by atoms with van der Waals surface area (Å²) in [5, 5.41) is 29.1. The van der Waals surface area contributed by atoms with Crippen LogP contribution in [0.2, 0.25) is 0 Å². The normalized spacial score (nSPS) is 11.9. The number of hydrogen-bond acceptors (Lipinski definition) is 22. The van der Waals surface area contributed by atoms with E-state index in [0.717, 1.165) is 89.9 Å². The van der Waals surface area contributed by atoms with Crippen LogP contribution >= 0.6 is 0 Å². The number of carbonyl (C=O) groups is 11. The molecule has 2 atom stereocenters. The summed E-state index contributed by atoms with van der Waals surface area (Å²) in [6.07, 6.45) is 20.1. The van der Waals surface area contributed by atoms with E-state index in [4.69, 9.17) is 63.3 Å². The Balaban J connectivity index is 0. The number of Topliss-reactive ketones (excluding diaryl/α,β-unsaturated/α-hetero) is 5. The van der Waals surface area contributed by atoms with Gasteiger partial charge in [-0.05, 0) is 134 Å². The molecule has 0 saturated heterocycles. The quantitative estimate of drug-likeness (QED) is 0.0303. The van der Waals surface area contributed by atoms with E-state index in [1.165, 1.54) is 31.2 Å². The summed E-state index contributed by atoms with van der Waals surface area (Å²) >= 11 is 0. The lowest BCUT2D eigenvalue weighted by Gasteiger charge is -2.23. The molecule has 0 bridgehead atoms. The highest BCUT2D eigenvalue weighted by atomic mass is 16.5. The third-order valence-corrected chi connectivity index (χ3v) is 17.2. The minimum absolute atomic E-state index is 0. The van der Waals surface area contributed by atoms with Crippen molar-refractivity contribution < 1.29 is 115 Å². The lowest BCUT2D eigenvalue weighted by Crippen LogP contribution is -2.43. The zero-order valence-electron chi connectivity index (χ0n) is 64.2. The number of nitrogens with one attached hydrogen (secondary N) is 4. The number of carbonyl (C=O) groups excluding carboxylic acids is 9. The second-order valence-electron chi connectivity index (χ2n) is 27.2. The first-order valence-corrected chi connectivity index (χ1v) is 38.6. The number of unbranched alkanes of at least 4 members (excludes halogenated alkanes) is 14. The van der Waals surface area contributed by atoms with Crippen molar-refractivity contribution in [3.05, 3.63) is 59.7 Å². The van der Waals surface area contributed by atoms with Crippen LogP contribution in [0.1, 0.15) is 226 Å². The van der Waals surface area contributed by atoms with Gasteiger partial charge in [-0.3, -0.25) is 43.2 Å². The first-order chi connectivity index (χ1) is 51.6. The molecule has 4 amide bonds. The average Bonchev–Trinajstić information content (AvgIpc) is 0.800. The van der Waals surface area contributed by atoms with Gasteiger partial charge < -0.3 is 84.6 Å². The van der Waals surface area contributed by atoms with Crippen molar-refractivity contribution in [2.75, 3.05) is 145 Å². The molecule has 2 aromatic rings. The molecule has 0 aliphatic carbocycles. The van der Waals surface area contributed by atoms with Crippen LogP contribution in [0.25, 0.3) is 0 Å². The van der Waals surface area contributed by atoms with Gasteiger partial charge in [0.15, 0.2) is 11.6 Å². The molecule has 0 saturated carbocycles. The highest BCUT2D eigenvalue weighted by molar-refractivity contribution is 5.94. The van der Waals surface area contributed by atoms with Crippen molar-refractivity contribution in [1.29, 1.82) is 0 Å². The Hall–Kier alpha value is -7.15. The predicted octanol–water partition coefficient (Wildman–Crippen LogP) is 9.63. The fraction of sp³-hybridized carbons (Fsp3) is 0.709. The van der Waals surface area contributed by atoms with Gasteiger partial charge in [0.2, 0.25) is 23.6 Å². The Labute approximate surface area is 637 Å². The Morgan fingerprint density at radius 1 is 0.364 bits per heavy atom. The highest BCUT2D eigenvalue weighted by Gasteiger charge is 2.31. The summed E-state index contributed by atoms with van der Waals surface area (Å²) in [7, 11) is 0. The van der Waals surface area contributed by atoms with E-state index in [0.29, 0.717) is 148 Å². The van der Waals surface area contributed by atoms with Crippen LogP contribution in [0.15, 0.2) is 48.5 Å². The maximum Gasteiger partial charge on any atom is 0.335 e. The van der Waals surface area contributed by atoms with Gasteiger partial charge in [-0.15, -0.1) is 0 Å². The molecule has 612 valence electrons. The van der Waals surface area contributed by atoms with Gasteiger partial charge in [-0.2, -0.15) is 0 Å². The monoisotopic (exact) mass is 1520 g/mol. The summed E-state index contributed by atoms with van der Waals surface area (Å²) < 4.78 is 55.0. The summed E-state index contributed by atoms with van der Waals surface area (Å²) in [5.74, 6) is -3.16. The van der Waals surface area contributed by atoms with Gasteiger partial charge in [0, 0.05) is 94.0 Å². The lowest BCUT2D eigenvalue weighted by atomic mass is 9.82. The van der Waals surface area contributed by atoms with E-state index < -0.39 is 29.3 Å². The maximum absolute atomic E-state index is 13.7. The van der Waals surface area contributed by atoms with Crippen molar-refractivity contribution in [2.45, 2.75) is 206 Å². The van der Waals surface area contributed by atoms with Gasteiger partial charge in [-0.1, -0.05) is 77.0 Å². The fourth-order valence-electron chi connectivity index (χ4n) is 10.8. The molecule has 0 aliphatic heterocycles. The number of rotatable bonds is 75. The minimum Gasteiger partial charge on any atom is -0.494 e. The third-order valence-electron chi connectivity index (χ3n) is 17.2. The summed E-state index contributed by atoms with van der Waals surface area (Å²) in [4.78, 5) is 135. The molecule has 2 rings (SSSR count). The summed E-state index contributed by atoms with van der Waals surface area (Å²) in [6, 6.07) is 12.8. The fourth-order valence-corrected chi connectivity index (χ4v) is 10.8. The highest BCUT2D eigenvalue weighted by Crippen LogP contribution is 2.25. The van der Waals surface area contributed by atoms with Crippen molar-refractivity contribution >= 4 is 64.5 Å². The van der Waals surface area contributed by atoms with E-state index >= 15 is 0 Å². The van der Waals surface area contributed by atoms with E-state index in [1.54, 1.807) is 38.1 Å². The molecule has 2 aromatic carbocycles. The Morgan fingerprint density at radius 3 is 1.15 bits per heavy atom. The SMILES string of the molecule is CC(=O)[C@H](CCCCNC(=O)COCCOCCNC(=O)COCCOCCCC(=O)CCCCCCCCCOc1ccc(C(=O)O)cc1)CC(=O)[C@H](CCCCNC(=O)COCCOCCCC(=O)COCCOCCNC(=O)CCCCCCCCCOc1ccc(C(=O)O)cc1)CC(=O)C(C)(C)N.[HH].[HH].[HH]. The van der Waals surface area contributed by atoms with Gasteiger partial charge in [0.1, 0.15) is 55.3 Å². The third kappa shape index (κ3) is 55.8. The number of benzene rings is 2. The molecule has 0 heterocycles. The van der Waals surface area contributed by atoms with Gasteiger partial charge in [-0.25, -0.2) is 9.59 Å². The molecule has 0 aliphatic rings. The zero-order chi connectivity index (χ0) is 78.2.